The molecule has 0 spiro atoms. The molecule has 2 N–H and O–H groups in total. The van der Waals surface area contributed by atoms with Crippen molar-refractivity contribution in [1.82, 2.24) is 0 Å². The zero-order chi connectivity index (χ0) is 21.8. The van der Waals surface area contributed by atoms with Crippen molar-refractivity contribution in [3.63, 3.8) is 0 Å². The van der Waals surface area contributed by atoms with Crippen LogP contribution in [0.3, 0.4) is 0 Å². The fraction of sp³-hybridized carbons (Fsp3) is 0.130. The van der Waals surface area contributed by atoms with Gasteiger partial charge in [-0.2, -0.15) is 0 Å². The Kier molecular flexibility index (Phi) is 5.95. The fourth-order valence-corrected chi connectivity index (χ4v) is 3.26. The number of carbonyl (C=O) groups excluding carboxylic acids is 2. The van der Waals surface area contributed by atoms with E-state index in [4.69, 9.17) is 25.8 Å². The minimum absolute atomic E-state index is 0.127. The van der Waals surface area contributed by atoms with E-state index in [9.17, 15) is 9.59 Å². The summed E-state index contributed by atoms with van der Waals surface area (Å²) in [7, 11) is 0. The molecule has 3 aromatic carbocycles. The lowest BCUT2D eigenvalue weighted by molar-refractivity contribution is 0.101. The van der Waals surface area contributed by atoms with Crippen molar-refractivity contribution in [1.29, 1.82) is 0 Å². The van der Waals surface area contributed by atoms with Crippen LogP contribution in [0.15, 0.2) is 60.7 Å². The summed E-state index contributed by atoms with van der Waals surface area (Å²) in [6.45, 7) is 2.46. The molecule has 0 bridgehead atoms. The fourth-order valence-electron chi connectivity index (χ4n) is 3.06. The van der Waals surface area contributed by atoms with E-state index in [-0.39, 0.29) is 23.3 Å². The number of hydrogen-bond donors (Lipinski definition) is 2. The predicted octanol–water partition coefficient (Wildman–Crippen LogP) is 4.97. The number of nitrogens with one attached hydrogen (secondary N) is 2. The van der Waals surface area contributed by atoms with E-state index in [2.05, 4.69) is 10.6 Å². The average Bonchev–Trinajstić information content (AvgIpc) is 3.24. The highest BCUT2D eigenvalue weighted by Crippen LogP contribution is 2.33. The third kappa shape index (κ3) is 4.57. The third-order valence-corrected chi connectivity index (χ3v) is 4.87. The van der Waals surface area contributed by atoms with Crippen LogP contribution in [0.1, 0.15) is 27.6 Å². The Morgan fingerprint density at radius 1 is 0.968 bits per heavy atom. The van der Waals surface area contributed by atoms with Gasteiger partial charge in [-0.15, -0.1) is 0 Å². The van der Waals surface area contributed by atoms with Gasteiger partial charge < -0.3 is 24.8 Å². The summed E-state index contributed by atoms with van der Waals surface area (Å²) in [5.74, 6) is 0.887. The van der Waals surface area contributed by atoms with Crippen LogP contribution >= 0.6 is 11.6 Å². The van der Waals surface area contributed by atoms with Gasteiger partial charge in [0.2, 0.25) is 6.79 Å². The number of halogens is 1. The first-order chi connectivity index (χ1) is 15.0. The summed E-state index contributed by atoms with van der Waals surface area (Å²) in [5.41, 5.74) is 1.57. The molecule has 7 nitrogen and oxygen atoms in total. The van der Waals surface area contributed by atoms with Gasteiger partial charge in [-0.1, -0.05) is 23.7 Å². The molecule has 0 saturated heterocycles. The Labute approximate surface area is 183 Å². The molecular formula is C23H19ClN2O5. The minimum atomic E-state index is -0.420. The lowest BCUT2D eigenvalue weighted by Gasteiger charge is -2.13. The molecule has 0 fully saturated rings. The molecule has 1 aliphatic rings. The number of fused-ring (bicyclic) bond motifs is 1. The summed E-state index contributed by atoms with van der Waals surface area (Å²) in [4.78, 5) is 25.5. The molecule has 4 rings (SSSR count). The van der Waals surface area contributed by atoms with Gasteiger partial charge in [0.25, 0.3) is 11.8 Å². The maximum absolute atomic E-state index is 12.8. The second kappa shape index (κ2) is 8.97. The molecule has 3 aromatic rings. The number of benzene rings is 3. The number of hydrogen-bond acceptors (Lipinski definition) is 5. The van der Waals surface area contributed by atoms with Gasteiger partial charge in [-0.05, 0) is 55.5 Å². The molecule has 1 aliphatic heterocycles. The van der Waals surface area contributed by atoms with Crippen molar-refractivity contribution in [2.24, 2.45) is 0 Å². The zero-order valence-corrected chi connectivity index (χ0v) is 17.4. The summed E-state index contributed by atoms with van der Waals surface area (Å²) < 4.78 is 16.1. The summed E-state index contributed by atoms with van der Waals surface area (Å²) in [6.07, 6.45) is 0. The molecule has 2 amide bonds. The molecule has 0 unspecified atom stereocenters. The number of rotatable bonds is 6. The van der Waals surface area contributed by atoms with Gasteiger partial charge in [0.1, 0.15) is 5.75 Å². The number of amides is 2. The maximum Gasteiger partial charge on any atom is 0.257 e. The van der Waals surface area contributed by atoms with Crippen LogP contribution in [0.4, 0.5) is 11.4 Å². The first kappa shape index (κ1) is 20.6. The normalized spacial score (nSPS) is 11.7. The van der Waals surface area contributed by atoms with Crippen LogP contribution in [-0.2, 0) is 0 Å². The number of para-hydroxylation sites is 2. The van der Waals surface area contributed by atoms with E-state index in [1.165, 1.54) is 6.07 Å². The van der Waals surface area contributed by atoms with Gasteiger partial charge in [0.05, 0.1) is 22.9 Å². The van der Waals surface area contributed by atoms with Crippen molar-refractivity contribution >= 4 is 34.8 Å². The Bertz CT molecular complexity index is 1150. The van der Waals surface area contributed by atoms with E-state index >= 15 is 0 Å². The van der Waals surface area contributed by atoms with Crippen molar-refractivity contribution < 1.29 is 23.8 Å². The minimum Gasteiger partial charge on any atom is -0.492 e. The van der Waals surface area contributed by atoms with Gasteiger partial charge in [-0.3, -0.25) is 9.59 Å². The topological polar surface area (TPSA) is 85.9 Å². The lowest BCUT2D eigenvalue weighted by atomic mass is 10.1. The van der Waals surface area contributed by atoms with E-state index < -0.39 is 5.91 Å². The molecular weight excluding hydrogens is 420 g/mol. The van der Waals surface area contributed by atoms with Gasteiger partial charge in [-0.25, -0.2) is 0 Å². The number of anilines is 2. The van der Waals surface area contributed by atoms with Crippen molar-refractivity contribution in [2.45, 2.75) is 6.92 Å². The standard InChI is InChI=1S/C23H19ClN2O5/c1-2-29-19-6-4-3-5-18(19)26-23(28)16-12-15(8-9-17(16)24)25-22(27)14-7-10-20-21(11-14)31-13-30-20/h3-12H,2,13H2,1H3,(H,25,27)(H,26,28). The molecule has 31 heavy (non-hydrogen) atoms. The quantitative estimate of drug-likeness (QED) is 0.567. The summed E-state index contributed by atoms with van der Waals surface area (Å²) >= 11 is 6.24. The first-order valence-corrected chi connectivity index (χ1v) is 9.96. The van der Waals surface area contributed by atoms with Gasteiger partial charge in [0, 0.05) is 11.3 Å². The molecule has 0 radical (unpaired) electrons. The van der Waals surface area contributed by atoms with Crippen LogP contribution < -0.4 is 24.8 Å². The number of ether oxygens (including phenoxy) is 3. The predicted molar refractivity (Wildman–Crippen MR) is 118 cm³/mol. The Morgan fingerprint density at radius 2 is 1.77 bits per heavy atom. The van der Waals surface area contributed by atoms with Crippen LogP contribution in [-0.4, -0.2) is 25.2 Å². The summed E-state index contributed by atoms with van der Waals surface area (Å²) in [5, 5.41) is 5.83. The molecule has 0 aliphatic carbocycles. The summed E-state index contributed by atoms with van der Waals surface area (Å²) in [6, 6.07) is 16.7. The zero-order valence-electron chi connectivity index (χ0n) is 16.6. The monoisotopic (exact) mass is 438 g/mol. The van der Waals surface area contributed by atoms with Crippen molar-refractivity contribution in [2.75, 3.05) is 24.0 Å². The van der Waals surface area contributed by atoms with Gasteiger partial charge in [0.15, 0.2) is 11.5 Å². The average molecular weight is 439 g/mol. The van der Waals surface area contributed by atoms with Crippen LogP contribution in [0, 0.1) is 0 Å². The Hall–Kier alpha value is -3.71. The molecule has 1 heterocycles. The van der Waals surface area contributed by atoms with Crippen LogP contribution in [0.5, 0.6) is 17.2 Å². The highest BCUT2D eigenvalue weighted by molar-refractivity contribution is 6.34. The highest BCUT2D eigenvalue weighted by Gasteiger charge is 2.18. The second-order valence-corrected chi connectivity index (χ2v) is 7.01. The van der Waals surface area contributed by atoms with Crippen LogP contribution in [0.25, 0.3) is 0 Å². The van der Waals surface area contributed by atoms with Gasteiger partial charge >= 0.3 is 0 Å². The lowest BCUT2D eigenvalue weighted by Crippen LogP contribution is -2.15. The molecule has 0 atom stereocenters. The van der Waals surface area contributed by atoms with Crippen molar-refractivity contribution in [3.8, 4) is 17.2 Å². The largest absolute Gasteiger partial charge is 0.492 e. The Balaban J connectivity index is 1.52. The van der Waals surface area contributed by atoms with E-state index in [0.29, 0.717) is 40.8 Å². The van der Waals surface area contributed by atoms with Crippen LogP contribution in [0.2, 0.25) is 5.02 Å². The smallest absolute Gasteiger partial charge is 0.257 e. The van der Waals surface area contributed by atoms with E-state index in [1.807, 2.05) is 13.0 Å². The SMILES string of the molecule is CCOc1ccccc1NC(=O)c1cc(NC(=O)c2ccc3c(c2)OCO3)ccc1Cl. The van der Waals surface area contributed by atoms with E-state index in [0.717, 1.165) is 0 Å². The molecule has 0 saturated carbocycles. The highest BCUT2D eigenvalue weighted by atomic mass is 35.5. The van der Waals surface area contributed by atoms with E-state index in [1.54, 1.807) is 48.5 Å². The molecule has 158 valence electrons. The molecule has 0 aromatic heterocycles. The third-order valence-electron chi connectivity index (χ3n) is 4.54. The maximum atomic E-state index is 12.8. The van der Waals surface area contributed by atoms with Crippen molar-refractivity contribution in [3.05, 3.63) is 76.8 Å². The first-order valence-electron chi connectivity index (χ1n) is 9.59. The number of carbonyl (C=O) groups is 2. The Morgan fingerprint density at radius 3 is 2.61 bits per heavy atom. The molecule has 8 heteroatoms. The second-order valence-electron chi connectivity index (χ2n) is 6.60.